The Morgan fingerprint density at radius 3 is 2.33 bits per heavy atom. The second-order valence-corrected chi connectivity index (χ2v) is 4.74. The van der Waals surface area contributed by atoms with Gasteiger partial charge in [0.25, 0.3) is 0 Å². The van der Waals surface area contributed by atoms with Crippen LogP contribution in [-0.2, 0) is 4.79 Å². The summed E-state index contributed by atoms with van der Waals surface area (Å²) in [6.45, 7) is 9.63. The third-order valence-corrected chi connectivity index (χ3v) is 2.86. The molecule has 120 valence electrons. The number of amides is 1. The van der Waals surface area contributed by atoms with E-state index < -0.39 is 11.6 Å². The first-order chi connectivity index (χ1) is 9.82. The molecule has 0 radical (unpaired) electrons. The predicted octanol–water partition coefficient (Wildman–Crippen LogP) is 3.97. The maximum absolute atomic E-state index is 13.7. The SMILES string of the molecule is CC.CC(=O)N(C)CCOc1cc(F)cc(F)c1C(C)C. The standard InChI is InChI=1S/C14H19F2NO2.C2H6/c1-9(2)14-12(16)7-11(15)8-13(14)19-6-5-17(4)10(3)18;1-2/h7-9H,5-6H2,1-4H3;1-2H3. The Bertz CT molecular complexity index is 462. The lowest BCUT2D eigenvalue weighted by Crippen LogP contribution is -2.28. The van der Waals surface area contributed by atoms with Crippen molar-refractivity contribution in [2.75, 3.05) is 20.2 Å². The summed E-state index contributed by atoms with van der Waals surface area (Å²) in [4.78, 5) is 12.5. The van der Waals surface area contributed by atoms with Crippen molar-refractivity contribution in [1.82, 2.24) is 4.90 Å². The topological polar surface area (TPSA) is 29.5 Å². The van der Waals surface area contributed by atoms with Gasteiger partial charge in [0.05, 0.1) is 6.54 Å². The van der Waals surface area contributed by atoms with Gasteiger partial charge in [-0.2, -0.15) is 0 Å². The number of hydrogen-bond acceptors (Lipinski definition) is 2. The van der Waals surface area contributed by atoms with E-state index in [0.717, 1.165) is 6.07 Å². The van der Waals surface area contributed by atoms with Gasteiger partial charge in [-0.1, -0.05) is 27.7 Å². The van der Waals surface area contributed by atoms with Crippen LogP contribution in [0, 0.1) is 11.6 Å². The number of likely N-dealkylation sites (N-methyl/N-ethyl adjacent to an activating group) is 1. The van der Waals surface area contributed by atoms with Crippen molar-refractivity contribution in [3.63, 3.8) is 0 Å². The van der Waals surface area contributed by atoms with Gasteiger partial charge in [0.2, 0.25) is 5.91 Å². The summed E-state index contributed by atoms with van der Waals surface area (Å²) in [6.07, 6.45) is 0. The Balaban J connectivity index is 0.00000191. The lowest BCUT2D eigenvalue weighted by Gasteiger charge is -2.18. The first-order valence-corrected chi connectivity index (χ1v) is 7.16. The molecule has 0 saturated carbocycles. The van der Waals surface area contributed by atoms with Gasteiger partial charge >= 0.3 is 0 Å². The normalized spacial score (nSPS) is 9.95. The van der Waals surface area contributed by atoms with E-state index in [4.69, 9.17) is 4.74 Å². The maximum Gasteiger partial charge on any atom is 0.219 e. The number of hydrogen-bond donors (Lipinski definition) is 0. The van der Waals surface area contributed by atoms with Gasteiger partial charge in [0.1, 0.15) is 24.0 Å². The molecule has 1 amide bonds. The quantitative estimate of drug-likeness (QED) is 0.823. The van der Waals surface area contributed by atoms with E-state index in [0.29, 0.717) is 12.1 Å². The monoisotopic (exact) mass is 301 g/mol. The predicted molar refractivity (Wildman–Crippen MR) is 80.6 cm³/mol. The molecule has 5 heteroatoms. The molecule has 1 aromatic carbocycles. The third kappa shape index (κ3) is 6.10. The molecule has 0 aliphatic heterocycles. The van der Waals surface area contributed by atoms with Crippen molar-refractivity contribution in [2.24, 2.45) is 0 Å². The Morgan fingerprint density at radius 1 is 1.29 bits per heavy atom. The van der Waals surface area contributed by atoms with E-state index >= 15 is 0 Å². The number of ether oxygens (including phenoxy) is 1. The van der Waals surface area contributed by atoms with Gasteiger partial charge < -0.3 is 9.64 Å². The highest BCUT2D eigenvalue weighted by molar-refractivity contribution is 5.72. The van der Waals surface area contributed by atoms with Gasteiger partial charge in [0, 0.05) is 31.7 Å². The second-order valence-electron chi connectivity index (χ2n) is 4.74. The Morgan fingerprint density at radius 2 is 1.86 bits per heavy atom. The molecule has 0 spiro atoms. The number of benzene rings is 1. The van der Waals surface area contributed by atoms with Crippen molar-refractivity contribution < 1.29 is 18.3 Å². The van der Waals surface area contributed by atoms with Crippen LogP contribution in [0.25, 0.3) is 0 Å². The summed E-state index contributed by atoms with van der Waals surface area (Å²) < 4.78 is 32.3. The lowest BCUT2D eigenvalue weighted by atomic mass is 10.0. The molecule has 0 unspecified atom stereocenters. The van der Waals surface area contributed by atoms with Crippen LogP contribution in [-0.4, -0.2) is 31.0 Å². The molecule has 0 aromatic heterocycles. The molecule has 0 N–H and O–H groups in total. The molecule has 0 fully saturated rings. The highest BCUT2D eigenvalue weighted by atomic mass is 19.1. The van der Waals surface area contributed by atoms with E-state index in [-0.39, 0.29) is 24.2 Å². The molecule has 0 aliphatic rings. The average molecular weight is 301 g/mol. The van der Waals surface area contributed by atoms with Gasteiger partial charge in [-0.05, 0) is 5.92 Å². The first-order valence-electron chi connectivity index (χ1n) is 7.16. The maximum atomic E-state index is 13.7. The van der Waals surface area contributed by atoms with Crippen molar-refractivity contribution in [3.8, 4) is 5.75 Å². The van der Waals surface area contributed by atoms with Gasteiger partial charge in [-0.25, -0.2) is 8.78 Å². The number of carbonyl (C=O) groups excluding carboxylic acids is 1. The van der Waals surface area contributed by atoms with E-state index in [2.05, 4.69) is 0 Å². The molecule has 1 aromatic rings. The van der Waals surface area contributed by atoms with Crippen LogP contribution in [0.5, 0.6) is 5.75 Å². The molecule has 0 bridgehead atoms. The molecular weight excluding hydrogens is 276 g/mol. The van der Waals surface area contributed by atoms with Crippen molar-refractivity contribution in [2.45, 2.75) is 40.5 Å². The van der Waals surface area contributed by atoms with E-state index in [9.17, 15) is 13.6 Å². The second kappa shape index (κ2) is 9.32. The van der Waals surface area contributed by atoms with Crippen molar-refractivity contribution in [1.29, 1.82) is 0 Å². The fourth-order valence-electron chi connectivity index (χ4n) is 1.69. The third-order valence-electron chi connectivity index (χ3n) is 2.86. The van der Waals surface area contributed by atoms with Crippen LogP contribution in [0.15, 0.2) is 12.1 Å². The Labute approximate surface area is 125 Å². The van der Waals surface area contributed by atoms with E-state index in [1.54, 1.807) is 7.05 Å². The molecule has 0 saturated heterocycles. The average Bonchev–Trinajstić information content (AvgIpc) is 2.39. The number of nitrogens with zero attached hydrogens (tertiary/aromatic N) is 1. The van der Waals surface area contributed by atoms with Crippen molar-refractivity contribution >= 4 is 5.91 Å². The minimum absolute atomic E-state index is 0.0851. The number of rotatable bonds is 5. The van der Waals surface area contributed by atoms with Gasteiger partial charge in [-0.3, -0.25) is 4.79 Å². The summed E-state index contributed by atoms with van der Waals surface area (Å²) in [5.41, 5.74) is 0.354. The Hall–Kier alpha value is -1.65. The van der Waals surface area contributed by atoms with Gasteiger partial charge in [0.15, 0.2) is 0 Å². The summed E-state index contributed by atoms with van der Waals surface area (Å²) in [6, 6.07) is 2.02. The van der Waals surface area contributed by atoms with Crippen LogP contribution in [0.4, 0.5) is 8.78 Å². The minimum Gasteiger partial charge on any atom is -0.491 e. The first kappa shape index (κ1) is 19.4. The fourth-order valence-corrected chi connectivity index (χ4v) is 1.69. The minimum atomic E-state index is -0.670. The zero-order valence-electron chi connectivity index (χ0n) is 13.7. The summed E-state index contributed by atoms with van der Waals surface area (Å²) in [5.74, 6) is -1.27. The number of carbonyl (C=O) groups is 1. The van der Waals surface area contributed by atoms with E-state index in [1.165, 1.54) is 17.9 Å². The van der Waals surface area contributed by atoms with Crippen molar-refractivity contribution in [3.05, 3.63) is 29.3 Å². The zero-order valence-corrected chi connectivity index (χ0v) is 13.7. The molecule has 21 heavy (non-hydrogen) atoms. The summed E-state index contributed by atoms with van der Waals surface area (Å²) in [7, 11) is 1.64. The van der Waals surface area contributed by atoms with Gasteiger partial charge in [-0.15, -0.1) is 0 Å². The van der Waals surface area contributed by atoms with Crippen LogP contribution >= 0.6 is 0 Å². The Kier molecular flexibility index (Phi) is 8.58. The molecular formula is C16H25F2NO2. The molecule has 3 nitrogen and oxygen atoms in total. The van der Waals surface area contributed by atoms with E-state index in [1.807, 2.05) is 27.7 Å². The fraction of sp³-hybridized carbons (Fsp3) is 0.562. The summed E-state index contributed by atoms with van der Waals surface area (Å²) >= 11 is 0. The highest BCUT2D eigenvalue weighted by Crippen LogP contribution is 2.30. The smallest absolute Gasteiger partial charge is 0.219 e. The zero-order chi connectivity index (χ0) is 16.6. The number of halogens is 2. The van der Waals surface area contributed by atoms with Crippen LogP contribution in [0.3, 0.4) is 0 Å². The largest absolute Gasteiger partial charge is 0.491 e. The van der Waals surface area contributed by atoms with Crippen LogP contribution < -0.4 is 4.74 Å². The molecule has 0 aliphatic carbocycles. The molecule has 0 heterocycles. The highest BCUT2D eigenvalue weighted by Gasteiger charge is 2.16. The molecule has 0 atom stereocenters. The summed E-state index contributed by atoms with van der Waals surface area (Å²) in [5, 5.41) is 0. The van der Waals surface area contributed by atoms with Crippen LogP contribution in [0.2, 0.25) is 0 Å². The van der Waals surface area contributed by atoms with Crippen LogP contribution in [0.1, 0.15) is 46.1 Å². The lowest BCUT2D eigenvalue weighted by molar-refractivity contribution is -0.127. The molecule has 1 rings (SSSR count).